The van der Waals surface area contributed by atoms with E-state index in [1.807, 2.05) is 6.07 Å². The van der Waals surface area contributed by atoms with Crippen LogP contribution in [0.5, 0.6) is 5.75 Å². The predicted molar refractivity (Wildman–Crippen MR) is 84.7 cm³/mol. The van der Waals surface area contributed by atoms with E-state index in [1.165, 1.54) is 7.11 Å². The van der Waals surface area contributed by atoms with E-state index in [1.54, 1.807) is 18.2 Å². The van der Waals surface area contributed by atoms with Crippen molar-refractivity contribution in [1.29, 1.82) is 0 Å². The predicted octanol–water partition coefficient (Wildman–Crippen LogP) is 3.36. The number of ether oxygens (including phenoxy) is 1. The smallest absolute Gasteiger partial charge is 0.239 e. The zero-order valence-corrected chi connectivity index (χ0v) is 13.1. The highest BCUT2D eigenvalue weighted by molar-refractivity contribution is 6.30. The van der Waals surface area contributed by atoms with Crippen LogP contribution in [0.25, 0.3) is 0 Å². The maximum atomic E-state index is 13.5. The lowest BCUT2D eigenvalue weighted by Crippen LogP contribution is -2.29. The molecule has 7 heteroatoms. The molecule has 0 bridgehead atoms. The molecule has 2 rings (SSSR count). The van der Waals surface area contributed by atoms with E-state index < -0.39 is 17.4 Å². The molecule has 0 atom stereocenters. The molecule has 0 fully saturated rings. The molecule has 0 radical (unpaired) electrons. The highest BCUT2D eigenvalue weighted by Crippen LogP contribution is 2.25. The van der Waals surface area contributed by atoms with Crippen molar-refractivity contribution in [3.63, 3.8) is 0 Å². The van der Waals surface area contributed by atoms with Gasteiger partial charge >= 0.3 is 0 Å². The highest BCUT2D eigenvalue weighted by atomic mass is 35.5. The van der Waals surface area contributed by atoms with Crippen LogP contribution in [-0.4, -0.2) is 19.6 Å². The summed E-state index contributed by atoms with van der Waals surface area (Å²) in [7, 11) is 1.18. The molecule has 0 heterocycles. The zero-order valence-electron chi connectivity index (χ0n) is 12.3. The Labute approximate surface area is 137 Å². The summed E-state index contributed by atoms with van der Waals surface area (Å²) in [6.07, 6.45) is 0. The maximum absolute atomic E-state index is 13.5. The summed E-state index contributed by atoms with van der Waals surface area (Å²) in [6, 6.07) is 9.21. The van der Waals surface area contributed by atoms with Crippen molar-refractivity contribution in [1.82, 2.24) is 5.32 Å². The van der Waals surface area contributed by atoms with Crippen LogP contribution in [0.1, 0.15) is 5.56 Å². The van der Waals surface area contributed by atoms with Gasteiger partial charge in [-0.1, -0.05) is 23.7 Å². The molecule has 4 nitrogen and oxygen atoms in total. The van der Waals surface area contributed by atoms with Crippen molar-refractivity contribution < 1.29 is 18.3 Å². The fourth-order valence-corrected chi connectivity index (χ4v) is 2.16. The lowest BCUT2D eigenvalue weighted by Gasteiger charge is -2.10. The van der Waals surface area contributed by atoms with Crippen LogP contribution in [-0.2, 0) is 11.3 Å². The summed E-state index contributed by atoms with van der Waals surface area (Å²) in [5.41, 5.74) is 1.01. The SMILES string of the molecule is COc1c(F)cc(NCC(=O)NCc2cccc(Cl)c2)cc1F. The first kappa shape index (κ1) is 17.0. The number of nitrogens with one attached hydrogen (secondary N) is 2. The van der Waals surface area contributed by atoms with Gasteiger partial charge in [-0.2, -0.15) is 0 Å². The first-order valence-electron chi connectivity index (χ1n) is 6.77. The Kier molecular flexibility index (Phi) is 5.76. The molecule has 2 aromatic rings. The molecule has 0 unspecified atom stereocenters. The number of hydrogen-bond acceptors (Lipinski definition) is 3. The van der Waals surface area contributed by atoms with Gasteiger partial charge in [-0.25, -0.2) is 8.78 Å². The third-order valence-electron chi connectivity index (χ3n) is 3.03. The monoisotopic (exact) mass is 340 g/mol. The topological polar surface area (TPSA) is 50.4 Å². The summed E-state index contributed by atoms with van der Waals surface area (Å²) in [5, 5.41) is 5.91. The number of hydrogen-bond donors (Lipinski definition) is 2. The lowest BCUT2D eigenvalue weighted by molar-refractivity contribution is -0.119. The van der Waals surface area contributed by atoms with E-state index in [4.69, 9.17) is 11.6 Å². The van der Waals surface area contributed by atoms with Gasteiger partial charge in [0.1, 0.15) is 0 Å². The van der Waals surface area contributed by atoms with Crippen LogP contribution in [0.3, 0.4) is 0 Å². The standard InChI is InChI=1S/C16H15ClF2N2O2/c1-23-16-13(18)6-12(7-14(16)19)20-9-15(22)21-8-10-3-2-4-11(17)5-10/h2-7,20H,8-9H2,1H3,(H,21,22). The highest BCUT2D eigenvalue weighted by Gasteiger charge is 2.12. The van der Waals surface area contributed by atoms with Crippen LogP contribution in [0.2, 0.25) is 5.02 Å². The van der Waals surface area contributed by atoms with Gasteiger partial charge in [-0.3, -0.25) is 4.79 Å². The van der Waals surface area contributed by atoms with E-state index in [0.29, 0.717) is 11.6 Å². The fourth-order valence-electron chi connectivity index (χ4n) is 1.95. The molecule has 0 aromatic heterocycles. The van der Waals surface area contributed by atoms with E-state index in [-0.39, 0.29) is 18.1 Å². The minimum absolute atomic E-state index is 0.119. The molecule has 0 spiro atoms. The van der Waals surface area contributed by atoms with Crippen molar-refractivity contribution in [2.24, 2.45) is 0 Å². The van der Waals surface area contributed by atoms with Crippen molar-refractivity contribution in [2.45, 2.75) is 6.54 Å². The van der Waals surface area contributed by atoms with Crippen LogP contribution >= 0.6 is 11.6 Å². The third kappa shape index (κ3) is 4.82. The number of halogens is 3. The largest absolute Gasteiger partial charge is 0.491 e. The van der Waals surface area contributed by atoms with Gasteiger partial charge in [0.25, 0.3) is 0 Å². The van der Waals surface area contributed by atoms with Gasteiger partial charge in [-0.05, 0) is 17.7 Å². The Morgan fingerprint density at radius 3 is 2.52 bits per heavy atom. The molecule has 23 heavy (non-hydrogen) atoms. The minimum atomic E-state index is -0.839. The number of carbonyl (C=O) groups is 1. The molecule has 0 aliphatic heterocycles. The second kappa shape index (κ2) is 7.78. The summed E-state index contributed by atoms with van der Waals surface area (Å²) in [5.74, 6) is -2.45. The fraction of sp³-hybridized carbons (Fsp3) is 0.188. The summed E-state index contributed by atoms with van der Waals surface area (Å²) in [4.78, 5) is 11.7. The van der Waals surface area contributed by atoms with Gasteiger partial charge in [-0.15, -0.1) is 0 Å². The first-order chi connectivity index (χ1) is 11.0. The molecule has 0 saturated heterocycles. The number of anilines is 1. The zero-order chi connectivity index (χ0) is 16.8. The Morgan fingerprint density at radius 2 is 1.91 bits per heavy atom. The van der Waals surface area contributed by atoms with E-state index in [9.17, 15) is 13.6 Å². The molecular weight excluding hydrogens is 326 g/mol. The number of methoxy groups -OCH3 is 1. The number of rotatable bonds is 6. The van der Waals surface area contributed by atoms with E-state index in [2.05, 4.69) is 15.4 Å². The lowest BCUT2D eigenvalue weighted by atomic mass is 10.2. The van der Waals surface area contributed by atoms with Gasteiger partial charge in [0.2, 0.25) is 5.91 Å². The van der Waals surface area contributed by atoms with Crippen LogP contribution in [0.15, 0.2) is 36.4 Å². The van der Waals surface area contributed by atoms with E-state index >= 15 is 0 Å². The Bertz CT molecular complexity index is 687. The van der Waals surface area contributed by atoms with Gasteiger partial charge < -0.3 is 15.4 Å². The first-order valence-corrected chi connectivity index (χ1v) is 7.15. The maximum Gasteiger partial charge on any atom is 0.239 e. The van der Waals surface area contributed by atoms with Crippen LogP contribution in [0, 0.1) is 11.6 Å². The summed E-state index contributed by atoms with van der Waals surface area (Å²) >= 11 is 5.85. The van der Waals surface area contributed by atoms with Crippen LogP contribution in [0.4, 0.5) is 14.5 Å². The minimum Gasteiger partial charge on any atom is -0.491 e. The van der Waals surface area contributed by atoms with Crippen molar-refractivity contribution in [3.8, 4) is 5.75 Å². The van der Waals surface area contributed by atoms with Crippen molar-refractivity contribution in [2.75, 3.05) is 19.0 Å². The third-order valence-corrected chi connectivity index (χ3v) is 3.27. The number of carbonyl (C=O) groups excluding carboxylic acids is 1. The molecule has 0 aliphatic carbocycles. The molecular formula is C16H15ClF2N2O2. The molecule has 1 amide bonds. The Balaban J connectivity index is 1.87. The average Bonchev–Trinajstić information content (AvgIpc) is 2.51. The quantitative estimate of drug-likeness (QED) is 0.848. The van der Waals surface area contributed by atoms with Gasteiger partial charge in [0, 0.05) is 29.4 Å². The molecule has 122 valence electrons. The van der Waals surface area contributed by atoms with Gasteiger partial charge in [0.05, 0.1) is 13.7 Å². The molecule has 0 aliphatic rings. The second-order valence-corrected chi connectivity index (χ2v) is 5.17. The molecule has 2 N–H and O–H groups in total. The molecule has 2 aromatic carbocycles. The Morgan fingerprint density at radius 1 is 1.22 bits per heavy atom. The van der Waals surface area contributed by atoms with Gasteiger partial charge in [0.15, 0.2) is 17.4 Å². The number of benzene rings is 2. The molecule has 0 saturated carbocycles. The van der Waals surface area contributed by atoms with Crippen molar-refractivity contribution in [3.05, 3.63) is 58.6 Å². The van der Waals surface area contributed by atoms with E-state index in [0.717, 1.165) is 17.7 Å². The average molecular weight is 341 g/mol. The summed E-state index contributed by atoms with van der Waals surface area (Å²) in [6.45, 7) is 0.193. The van der Waals surface area contributed by atoms with Crippen molar-refractivity contribution >= 4 is 23.2 Å². The second-order valence-electron chi connectivity index (χ2n) is 4.73. The van der Waals surface area contributed by atoms with Crippen LogP contribution < -0.4 is 15.4 Å². The summed E-state index contributed by atoms with van der Waals surface area (Å²) < 4.78 is 31.6. The normalized spacial score (nSPS) is 10.3. The number of amides is 1. The Hall–Kier alpha value is -2.34.